The van der Waals surface area contributed by atoms with E-state index in [9.17, 15) is 9.59 Å². The van der Waals surface area contributed by atoms with E-state index in [0.29, 0.717) is 18.9 Å². The average Bonchev–Trinajstić information content (AvgIpc) is 2.61. The van der Waals surface area contributed by atoms with Crippen molar-refractivity contribution < 1.29 is 14.7 Å². The number of aliphatic carboxylic acids is 1. The maximum absolute atomic E-state index is 11.6. The number of carboxylic acid groups (broad SMARTS) is 1. The summed E-state index contributed by atoms with van der Waals surface area (Å²) in [4.78, 5) is 25.3. The molecule has 0 aromatic heterocycles. The molecule has 1 fully saturated rings. The van der Waals surface area contributed by atoms with Crippen LogP contribution in [0.1, 0.15) is 19.3 Å². The Morgan fingerprint density at radius 3 is 2.67 bits per heavy atom. The zero-order chi connectivity index (χ0) is 11.4. The van der Waals surface area contributed by atoms with Crippen molar-refractivity contribution in [3.05, 3.63) is 0 Å². The van der Waals surface area contributed by atoms with Crippen molar-refractivity contribution in [2.75, 3.05) is 27.2 Å². The van der Waals surface area contributed by atoms with E-state index < -0.39 is 5.97 Å². The molecule has 1 heterocycles. The Hall–Kier alpha value is -1.26. The Labute approximate surface area is 89.7 Å². The van der Waals surface area contributed by atoms with E-state index in [0.717, 1.165) is 13.0 Å². The van der Waals surface area contributed by atoms with Crippen molar-refractivity contribution in [3.63, 3.8) is 0 Å². The Balaban J connectivity index is 2.32. The summed E-state index contributed by atoms with van der Waals surface area (Å²) in [5.41, 5.74) is 0. The van der Waals surface area contributed by atoms with E-state index in [1.165, 1.54) is 0 Å². The molecule has 1 atom stereocenters. The molecule has 1 rings (SSSR count). The number of carbonyl (C=O) groups excluding carboxylic acids is 1. The summed E-state index contributed by atoms with van der Waals surface area (Å²) in [6.07, 6.45) is 1.80. The fourth-order valence-electron chi connectivity index (χ4n) is 1.85. The Morgan fingerprint density at radius 1 is 1.47 bits per heavy atom. The molecular weight excluding hydrogens is 196 g/mol. The van der Waals surface area contributed by atoms with Gasteiger partial charge in [-0.25, -0.2) is 4.79 Å². The molecule has 1 aliphatic rings. The molecular formula is C10H18N2O3. The van der Waals surface area contributed by atoms with Crippen molar-refractivity contribution in [3.8, 4) is 0 Å². The first-order valence-corrected chi connectivity index (χ1v) is 5.18. The molecule has 5 heteroatoms. The van der Waals surface area contributed by atoms with E-state index in [1.807, 2.05) is 0 Å². The van der Waals surface area contributed by atoms with Gasteiger partial charge in [0.2, 0.25) is 0 Å². The van der Waals surface area contributed by atoms with Crippen LogP contribution in [0, 0.1) is 5.92 Å². The minimum Gasteiger partial charge on any atom is -0.481 e. The molecule has 1 aliphatic heterocycles. The minimum absolute atomic E-state index is 0.0211. The second-order valence-corrected chi connectivity index (χ2v) is 4.21. The number of nitrogens with zero attached hydrogens (tertiary/aromatic N) is 2. The summed E-state index contributed by atoms with van der Waals surface area (Å²) < 4.78 is 0. The zero-order valence-electron chi connectivity index (χ0n) is 9.27. The number of rotatable bonds is 3. The van der Waals surface area contributed by atoms with Crippen molar-refractivity contribution in [1.82, 2.24) is 9.80 Å². The van der Waals surface area contributed by atoms with Gasteiger partial charge in [-0.1, -0.05) is 0 Å². The normalized spacial score (nSPS) is 20.4. The first-order chi connectivity index (χ1) is 7.00. The van der Waals surface area contributed by atoms with E-state index >= 15 is 0 Å². The summed E-state index contributed by atoms with van der Waals surface area (Å²) >= 11 is 0. The maximum atomic E-state index is 11.6. The highest BCUT2D eigenvalue weighted by Gasteiger charge is 2.27. The van der Waals surface area contributed by atoms with Gasteiger partial charge in [-0.15, -0.1) is 0 Å². The van der Waals surface area contributed by atoms with Gasteiger partial charge >= 0.3 is 12.0 Å². The van der Waals surface area contributed by atoms with Gasteiger partial charge in [-0.3, -0.25) is 4.79 Å². The summed E-state index contributed by atoms with van der Waals surface area (Å²) in [6, 6.07) is 0.0211. The highest BCUT2D eigenvalue weighted by atomic mass is 16.4. The van der Waals surface area contributed by atoms with Crippen LogP contribution >= 0.6 is 0 Å². The van der Waals surface area contributed by atoms with E-state index in [1.54, 1.807) is 23.9 Å². The van der Waals surface area contributed by atoms with Gasteiger partial charge in [0.05, 0.1) is 0 Å². The predicted octanol–water partition coefficient (Wildman–Crippen LogP) is 0.855. The molecule has 0 radical (unpaired) electrons. The van der Waals surface area contributed by atoms with Crippen molar-refractivity contribution in [2.45, 2.75) is 19.3 Å². The fourth-order valence-corrected chi connectivity index (χ4v) is 1.85. The highest BCUT2D eigenvalue weighted by molar-refractivity contribution is 5.74. The summed E-state index contributed by atoms with van der Waals surface area (Å²) in [5.74, 6) is -0.405. The lowest BCUT2D eigenvalue weighted by atomic mass is 10.0. The molecule has 1 saturated heterocycles. The van der Waals surface area contributed by atoms with Gasteiger partial charge in [0.15, 0.2) is 0 Å². The summed E-state index contributed by atoms with van der Waals surface area (Å²) in [7, 11) is 3.46. The molecule has 0 aromatic carbocycles. The number of carbonyl (C=O) groups is 2. The molecule has 0 saturated carbocycles. The molecule has 86 valence electrons. The third-order valence-corrected chi connectivity index (χ3v) is 2.71. The van der Waals surface area contributed by atoms with Crippen molar-refractivity contribution in [1.29, 1.82) is 0 Å². The highest BCUT2D eigenvalue weighted by Crippen LogP contribution is 2.21. The quantitative estimate of drug-likeness (QED) is 0.757. The third kappa shape index (κ3) is 3.42. The second-order valence-electron chi connectivity index (χ2n) is 4.21. The molecule has 1 N–H and O–H groups in total. The number of likely N-dealkylation sites (tertiary alicyclic amines) is 1. The molecule has 2 amide bonds. The molecule has 0 bridgehead atoms. The lowest BCUT2D eigenvalue weighted by molar-refractivity contribution is -0.137. The predicted molar refractivity (Wildman–Crippen MR) is 55.6 cm³/mol. The largest absolute Gasteiger partial charge is 0.481 e. The minimum atomic E-state index is -0.757. The Bertz CT molecular complexity index is 253. The van der Waals surface area contributed by atoms with Crippen LogP contribution < -0.4 is 0 Å². The van der Waals surface area contributed by atoms with E-state index in [2.05, 4.69) is 0 Å². The first-order valence-electron chi connectivity index (χ1n) is 5.18. The lowest BCUT2D eigenvalue weighted by Gasteiger charge is -2.21. The van der Waals surface area contributed by atoms with Crippen LogP contribution in [0.5, 0.6) is 0 Å². The fraction of sp³-hybridized carbons (Fsp3) is 0.800. The second kappa shape index (κ2) is 5.00. The topological polar surface area (TPSA) is 60.9 Å². The molecule has 0 aromatic rings. The number of hydrogen-bond donors (Lipinski definition) is 1. The van der Waals surface area contributed by atoms with Crippen molar-refractivity contribution >= 4 is 12.0 Å². The van der Waals surface area contributed by atoms with Gasteiger partial charge in [-0.2, -0.15) is 0 Å². The van der Waals surface area contributed by atoms with Crippen LogP contribution in [0.2, 0.25) is 0 Å². The maximum Gasteiger partial charge on any atom is 0.319 e. The van der Waals surface area contributed by atoms with Crippen LogP contribution in [-0.2, 0) is 4.79 Å². The van der Waals surface area contributed by atoms with E-state index in [-0.39, 0.29) is 12.5 Å². The Morgan fingerprint density at radius 2 is 2.13 bits per heavy atom. The van der Waals surface area contributed by atoms with Crippen LogP contribution in [-0.4, -0.2) is 54.1 Å². The average molecular weight is 214 g/mol. The van der Waals surface area contributed by atoms with Crippen LogP contribution in [0.15, 0.2) is 0 Å². The smallest absolute Gasteiger partial charge is 0.319 e. The molecule has 0 spiro atoms. The van der Waals surface area contributed by atoms with E-state index in [4.69, 9.17) is 5.11 Å². The SMILES string of the molecule is CN(C)C(=O)N1CCC(CCC(=O)O)C1. The standard InChI is InChI=1S/C10H18N2O3/c1-11(2)10(15)12-6-5-8(7-12)3-4-9(13)14/h8H,3-7H2,1-2H3,(H,13,14). The van der Waals surface area contributed by atoms with Gasteiger partial charge < -0.3 is 14.9 Å². The van der Waals surface area contributed by atoms with Gasteiger partial charge in [0.25, 0.3) is 0 Å². The third-order valence-electron chi connectivity index (χ3n) is 2.71. The molecule has 0 aliphatic carbocycles. The monoisotopic (exact) mass is 214 g/mol. The van der Waals surface area contributed by atoms with Crippen LogP contribution in [0.3, 0.4) is 0 Å². The number of amides is 2. The van der Waals surface area contributed by atoms with Crippen molar-refractivity contribution in [2.24, 2.45) is 5.92 Å². The molecule has 15 heavy (non-hydrogen) atoms. The number of urea groups is 1. The van der Waals surface area contributed by atoms with Gasteiger partial charge in [0, 0.05) is 33.6 Å². The Kier molecular flexibility index (Phi) is 3.94. The molecule has 5 nitrogen and oxygen atoms in total. The van der Waals surface area contributed by atoms with Crippen LogP contribution in [0.25, 0.3) is 0 Å². The lowest BCUT2D eigenvalue weighted by Crippen LogP contribution is -2.37. The van der Waals surface area contributed by atoms with Crippen LogP contribution in [0.4, 0.5) is 4.79 Å². The van der Waals surface area contributed by atoms with Gasteiger partial charge in [0.1, 0.15) is 0 Å². The molecule has 1 unspecified atom stereocenters. The summed E-state index contributed by atoms with van der Waals surface area (Å²) in [5, 5.41) is 8.55. The van der Waals surface area contributed by atoms with Gasteiger partial charge in [-0.05, 0) is 18.8 Å². The number of carboxylic acids is 1. The number of hydrogen-bond acceptors (Lipinski definition) is 2. The first kappa shape index (κ1) is 11.8. The summed E-state index contributed by atoms with van der Waals surface area (Å²) in [6.45, 7) is 1.45. The zero-order valence-corrected chi connectivity index (χ0v) is 9.27.